The molecule has 3 aromatic heterocycles. The predicted octanol–water partition coefficient (Wildman–Crippen LogP) is 3.06. The third-order valence-electron chi connectivity index (χ3n) is 3.73. The predicted molar refractivity (Wildman–Crippen MR) is 88.3 cm³/mol. The van der Waals surface area contributed by atoms with Gasteiger partial charge in [0.1, 0.15) is 23.0 Å². The summed E-state index contributed by atoms with van der Waals surface area (Å²) in [6, 6.07) is 9.51. The molecule has 0 fully saturated rings. The Morgan fingerprint density at radius 2 is 2.08 bits per heavy atom. The molecule has 0 aliphatic heterocycles. The minimum Gasteiger partial charge on any atom is -0.467 e. The number of benzene rings is 1. The van der Waals surface area contributed by atoms with Crippen LogP contribution in [0.2, 0.25) is 0 Å². The molecule has 124 valence electrons. The third-order valence-corrected chi connectivity index (χ3v) is 3.73. The van der Waals surface area contributed by atoms with Crippen LogP contribution < -0.4 is 5.32 Å². The smallest absolute Gasteiger partial charge is 0.271 e. The number of rotatable bonds is 4. The number of carbonyl (C=O) groups is 1. The summed E-state index contributed by atoms with van der Waals surface area (Å²) in [6.07, 6.45) is 6.49. The van der Waals surface area contributed by atoms with Crippen molar-refractivity contribution >= 4 is 11.6 Å². The number of amides is 1. The van der Waals surface area contributed by atoms with Crippen molar-refractivity contribution in [3.8, 4) is 11.3 Å². The van der Waals surface area contributed by atoms with Crippen molar-refractivity contribution in [3.05, 3.63) is 78.5 Å². The topological polar surface area (TPSA) is 72.4 Å². The van der Waals surface area contributed by atoms with Gasteiger partial charge in [0.05, 0.1) is 12.8 Å². The highest BCUT2D eigenvalue weighted by atomic mass is 19.1. The first-order chi connectivity index (χ1) is 12.2. The standard InChI is InChI=1S/C18H13FN4O2/c19-13-5-3-12(4-6-13)16-17-22-15(11-23(17)8-7-20-16)18(24)21-10-14-2-1-9-25-14/h1-9,11H,10H2,(H,21,24). The van der Waals surface area contributed by atoms with Gasteiger partial charge >= 0.3 is 0 Å². The van der Waals surface area contributed by atoms with E-state index >= 15 is 0 Å². The van der Waals surface area contributed by atoms with Gasteiger partial charge < -0.3 is 14.1 Å². The van der Waals surface area contributed by atoms with Crippen LogP contribution in [0.5, 0.6) is 0 Å². The zero-order chi connectivity index (χ0) is 17.2. The summed E-state index contributed by atoms with van der Waals surface area (Å²) < 4.78 is 20.0. The first-order valence-corrected chi connectivity index (χ1v) is 7.61. The van der Waals surface area contributed by atoms with E-state index < -0.39 is 0 Å². The molecule has 4 aromatic rings. The lowest BCUT2D eigenvalue weighted by molar-refractivity contribution is 0.0943. The Bertz CT molecular complexity index is 1020. The van der Waals surface area contributed by atoms with Gasteiger partial charge in [0.2, 0.25) is 0 Å². The maximum Gasteiger partial charge on any atom is 0.271 e. The number of halogens is 1. The van der Waals surface area contributed by atoms with E-state index in [1.807, 2.05) is 0 Å². The van der Waals surface area contributed by atoms with Crippen LogP contribution in [0.1, 0.15) is 16.2 Å². The highest BCUT2D eigenvalue weighted by Gasteiger charge is 2.14. The lowest BCUT2D eigenvalue weighted by Crippen LogP contribution is -2.22. The summed E-state index contributed by atoms with van der Waals surface area (Å²) in [7, 11) is 0. The molecule has 3 heterocycles. The molecule has 0 saturated heterocycles. The SMILES string of the molecule is O=C(NCc1ccco1)c1cn2ccnc(-c3ccc(F)cc3)c2n1. The molecule has 0 radical (unpaired) electrons. The van der Waals surface area contributed by atoms with Gasteiger partial charge in [-0.05, 0) is 36.4 Å². The van der Waals surface area contributed by atoms with E-state index in [0.717, 1.165) is 5.56 Å². The fourth-order valence-electron chi connectivity index (χ4n) is 2.51. The molecule has 25 heavy (non-hydrogen) atoms. The Balaban J connectivity index is 1.64. The van der Waals surface area contributed by atoms with E-state index in [4.69, 9.17) is 4.42 Å². The average molecular weight is 336 g/mol. The lowest BCUT2D eigenvalue weighted by Gasteiger charge is -2.02. The van der Waals surface area contributed by atoms with Crippen molar-refractivity contribution < 1.29 is 13.6 Å². The maximum absolute atomic E-state index is 13.1. The molecule has 1 aromatic carbocycles. The quantitative estimate of drug-likeness (QED) is 0.622. The zero-order valence-corrected chi connectivity index (χ0v) is 13.0. The van der Waals surface area contributed by atoms with Gasteiger partial charge in [-0.2, -0.15) is 0 Å². The van der Waals surface area contributed by atoms with E-state index in [1.54, 1.807) is 53.5 Å². The molecule has 0 unspecified atom stereocenters. The van der Waals surface area contributed by atoms with Gasteiger partial charge in [-0.1, -0.05) is 0 Å². The van der Waals surface area contributed by atoms with E-state index in [0.29, 0.717) is 17.1 Å². The number of furan rings is 1. The van der Waals surface area contributed by atoms with Crippen LogP contribution in [-0.2, 0) is 6.54 Å². The summed E-state index contributed by atoms with van der Waals surface area (Å²) in [6.45, 7) is 0.281. The highest BCUT2D eigenvalue weighted by molar-refractivity contribution is 5.93. The number of nitrogens with zero attached hydrogens (tertiary/aromatic N) is 3. The third kappa shape index (κ3) is 2.99. The van der Waals surface area contributed by atoms with Crippen LogP contribution in [-0.4, -0.2) is 20.3 Å². The molecule has 0 saturated carbocycles. The second-order valence-electron chi connectivity index (χ2n) is 5.40. The van der Waals surface area contributed by atoms with Crippen LogP contribution in [0.4, 0.5) is 4.39 Å². The Morgan fingerprint density at radius 1 is 1.24 bits per heavy atom. The van der Waals surface area contributed by atoms with Crippen LogP contribution in [0.15, 0.2) is 65.7 Å². The number of hydrogen-bond acceptors (Lipinski definition) is 4. The molecule has 6 nitrogen and oxygen atoms in total. The number of nitrogens with one attached hydrogen (secondary N) is 1. The van der Waals surface area contributed by atoms with Crippen LogP contribution in [0, 0.1) is 5.82 Å². The molecule has 0 spiro atoms. The molecule has 0 aliphatic rings. The van der Waals surface area contributed by atoms with Crippen molar-refractivity contribution in [1.82, 2.24) is 19.7 Å². The maximum atomic E-state index is 13.1. The fourth-order valence-corrected chi connectivity index (χ4v) is 2.51. The van der Waals surface area contributed by atoms with Crippen molar-refractivity contribution in [2.24, 2.45) is 0 Å². The molecule has 1 amide bonds. The van der Waals surface area contributed by atoms with E-state index in [9.17, 15) is 9.18 Å². The molecule has 7 heteroatoms. The van der Waals surface area contributed by atoms with E-state index in [2.05, 4.69) is 15.3 Å². The van der Waals surface area contributed by atoms with Crippen molar-refractivity contribution in [1.29, 1.82) is 0 Å². The highest BCUT2D eigenvalue weighted by Crippen LogP contribution is 2.22. The largest absolute Gasteiger partial charge is 0.467 e. The van der Waals surface area contributed by atoms with E-state index in [1.165, 1.54) is 12.1 Å². The Labute approximate surface area is 142 Å². The van der Waals surface area contributed by atoms with Crippen LogP contribution >= 0.6 is 0 Å². The monoisotopic (exact) mass is 336 g/mol. The van der Waals surface area contributed by atoms with Gasteiger partial charge in [-0.15, -0.1) is 0 Å². The van der Waals surface area contributed by atoms with Crippen molar-refractivity contribution in [2.45, 2.75) is 6.54 Å². The number of carbonyl (C=O) groups excluding carboxylic acids is 1. The molecular formula is C18H13FN4O2. The molecule has 0 aliphatic carbocycles. The van der Waals surface area contributed by atoms with Gasteiger partial charge in [-0.3, -0.25) is 9.78 Å². The average Bonchev–Trinajstić information content (AvgIpc) is 3.29. The second kappa shape index (κ2) is 6.20. The van der Waals surface area contributed by atoms with Crippen molar-refractivity contribution in [2.75, 3.05) is 0 Å². The summed E-state index contributed by atoms with van der Waals surface area (Å²) in [5, 5.41) is 2.75. The number of imidazole rings is 1. The van der Waals surface area contributed by atoms with Crippen LogP contribution in [0.3, 0.4) is 0 Å². The minimum atomic E-state index is -0.322. The second-order valence-corrected chi connectivity index (χ2v) is 5.40. The van der Waals surface area contributed by atoms with Gasteiger partial charge in [0, 0.05) is 24.2 Å². The molecule has 0 bridgehead atoms. The summed E-state index contributed by atoms with van der Waals surface area (Å²) in [4.78, 5) is 21.0. The van der Waals surface area contributed by atoms with E-state index in [-0.39, 0.29) is 24.0 Å². The minimum absolute atomic E-state index is 0.267. The Morgan fingerprint density at radius 3 is 2.84 bits per heavy atom. The van der Waals surface area contributed by atoms with Crippen molar-refractivity contribution in [3.63, 3.8) is 0 Å². The summed E-state index contributed by atoms with van der Waals surface area (Å²) in [5.74, 6) is 0.0213. The molecular weight excluding hydrogens is 323 g/mol. The normalized spacial score (nSPS) is 10.9. The number of hydrogen-bond donors (Lipinski definition) is 1. The first kappa shape index (κ1) is 15.1. The van der Waals surface area contributed by atoms with Gasteiger partial charge in [0.25, 0.3) is 5.91 Å². The first-order valence-electron chi connectivity index (χ1n) is 7.61. The molecule has 4 rings (SSSR count). The zero-order valence-electron chi connectivity index (χ0n) is 13.0. The Kier molecular flexibility index (Phi) is 3.74. The summed E-state index contributed by atoms with van der Waals surface area (Å²) >= 11 is 0. The number of aromatic nitrogens is 3. The fraction of sp³-hybridized carbons (Fsp3) is 0.0556. The molecule has 1 N–H and O–H groups in total. The Hall–Kier alpha value is -3.48. The number of fused-ring (bicyclic) bond motifs is 1. The van der Waals surface area contributed by atoms with Gasteiger partial charge in [-0.25, -0.2) is 9.37 Å². The summed E-state index contributed by atoms with van der Waals surface area (Å²) in [5.41, 5.74) is 2.09. The molecule has 0 atom stereocenters. The lowest BCUT2D eigenvalue weighted by atomic mass is 10.1. The van der Waals surface area contributed by atoms with Crippen LogP contribution in [0.25, 0.3) is 16.9 Å². The van der Waals surface area contributed by atoms with Gasteiger partial charge in [0.15, 0.2) is 5.65 Å².